The normalized spacial score (nSPS) is 13.1. The molecule has 0 bridgehead atoms. The van der Waals surface area contributed by atoms with Crippen LogP contribution in [0.1, 0.15) is 31.5 Å². The van der Waals surface area contributed by atoms with Gasteiger partial charge in [0.15, 0.2) is 17.3 Å². The molecule has 0 saturated carbocycles. The van der Waals surface area contributed by atoms with E-state index in [0.29, 0.717) is 47.4 Å². The third kappa shape index (κ3) is 5.75. The summed E-state index contributed by atoms with van der Waals surface area (Å²) in [6.45, 7) is 6.68. The van der Waals surface area contributed by atoms with E-state index < -0.39 is 6.04 Å². The van der Waals surface area contributed by atoms with Crippen molar-refractivity contribution in [1.29, 1.82) is 0 Å². The first-order chi connectivity index (χ1) is 16.4. The van der Waals surface area contributed by atoms with Gasteiger partial charge in [-0.1, -0.05) is 37.6 Å². The van der Waals surface area contributed by atoms with Gasteiger partial charge >= 0.3 is 0 Å². The minimum atomic E-state index is -0.500. The van der Waals surface area contributed by atoms with Crippen LogP contribution in [0.3, 0.4) is 0 Å². The van der Waals surface area contributed by atoms with Gasteiger partial charge in [0.1, 0.15) is 22.6 Å². The molecule has 2 N–H and O–H groups in total. The number of carbonyl (C=O) groups excluding carboxylic acids is 1. The molecule has 1 aliphatic heterocycles. The van der Waals surface area contributed by atoms with Crippen LogP contribution < -0.4 is 20.1 Å². The lowest BCUT2D eigenvalue weighted by atomic mass is 10.0. The second-order valence-electron chi connectivity index (χ2n) is 8.57. The molecule has 9 heteroatoms. The lowest BCUT2D eigenvalue weighted by molar-refractivity contribution is -0.122. The Morgan fingerprint density at radius 2 is 1.97 bits per heavy atom. The predicted molar refractivity (Wildman–Crippen MR) is 131 cm³/mol. The third-order valence-electron chi connectivity index (χ3n) is 5.40. The number of aryl methyl sites for hydroxylation is 1. The van der Waals surface area contributed by atoms with E-state index in [1.165, 1.54) is 0 Å². The van der Waals surface area contributed by atoms with Crippen LogP contribution in [0.2, 0.25) is 5.02 Å². The minimum absolute atomic E-state index is 0.110. The molecule has 0 saturated heterocycles. The molecule has 178 valence electrons. The summed E-state index contributed by atoms with van der Waals surface area (Å²) in [4.78, 5) is 26.4. The van der Waals surface area contributed by atoms with Gasteiger partial charge in [-0.15, -0.1) is 0 Å². The topological polar surface area (TPSA) is 98.3 Å². The Bertz CT molecular complexity index is 1160. The van der Waals surface area contributed by atoms with Gasteiger partial charge in [-0.05, 0) is 55.5 Å². The molecule has 34 heavy (non-hydrogen) atoms. The number of rotatable bonds is 9. The smallest absolute Gasteiger partial charge is 0.242 e. The molecule has 0 aliphatic carbocycles. The molecule has 1 aromatic carbocycles. The Hall–Kier alpha value is -3.39. The fourth-order valence-electron chi connectivity index (χ4n) is 3.68. The highest BCUT2D eigenvalue weighted by Crippen LogP contribution is 2.32. The van der Waals surface area contributed by atoms with E-state index in [1.54, 1.807) is 6.20 Å². The number of nitrogens with zero attached hydrogens (tertiary/aromatic N) is 3. The van der Waals surface area contributed by atoms with Crippen LogP contribution in [-0.2, 0) is 11.2 Å². The molecule has 3 heterocycles. The van der Waals surface area contributed by atoms with E-state index in [0.717, 1.165) is 17.1 Å². The maximum atomic E-state index is 13.1. The molecule has 0 spiro atoms. The molecule has 8 nitrogen and oxygen atoms in total. The number of carbonyl (C=O) groups is 1. The van der Waals surface area contributed by atoms with Gasteiger partial charge in [0.25, 0.3) is 0 Å². The van der Waals surface area contributed by atoms with Crippen LogP contribution in [-0.4, -0.2) is 40.2 Å². The molecule has 0 fully saturated rings. The second kappa shape index (κ2) is 10.7. The summed E-state index contributed by atoms with van der Waals surface area (Å²) in [5, 5.41) is 6.68. The van der Waals surface area contributed by atoms with Crippen molar-refractivity contribution in [3.05, 3.63) is 58.9 Å². The Balaban J connectivity index is 1.45. The lowest BCUT2D eigenvalue weighted by Gasteiger charge is -2.22. The highest BCUT2D eigenvalue weighted by Gasteiger charge is 2.23. The van der Waals surface area contributed by atoms with Crippen molar-refractivity contribution in [2.75, 3.05) is 18.7 Å². The van der Waals surface area contributed by atoms with Crippen molar-refractivity contribution in [3.8, 4) is 23.0 Å². The molecular weight excluding hydrogens is 454 g/mol. The number of halogens is 1. The van der Waals surface area contributed by atoms with Crippen molar-refractivity contribution in [3.63, 3.8) is 0 Å². The number of anilines is 1. The molecule has 1 unspecified atom stereocenters. The van der Waals surface area contributed by atoms with E-state index in [4.69, 9.17) is 21.1 Å². The van der Waals surface area contributed by atoms with Gasteiger partial charge in [-0.2, -0.15) is 0 Å². The summed E-state index contributed by atoms with van der Waals surface area (Å²) < 4.78 is 10.8. The zero-order valence-electron chi connectivity index (χ0n) is 19.5. The third-order valence-corrected chi connectivity index (χ3v) is 5.85. The summed E-state index contributed by atoms with van der Waals surface area (Å²) in [5.41, 5.74) is 2.32. The number of hydrogen-bond acceptors (Lipinski definition) is 7. The molecular formula is C25H28ClN5O3. The van der Waals surface area contributed by atoms with Gasteiger partial charge in [-0.3, -0.25) is 9.78 Å². The number of nitrogens with one attached hydrogen (secondary N) is 2. The fourth-order valence-corrected chi connectivity index (χ4v) is 3.82. The van der Waals surface area contributed by atoms with Gasteiger partial charge in [0.05, 0.1) is 5.69 Å². The van der Waals surface area contributed by atoms with Crippen LogP contribution in [0.25, 0.3) is 11.5 Å². The van der Waals surface area contributed by atoms with E-state index >= 15 is 0 Å². The fraction of sp³-hybridized carbons (Fsp3) is 0.360. The highest BCUT2D eigenvalue weighted by atomic mass is 35.5. The maximum Gasteiger partial charge on any atom is 0.242 e. The number of pyridine rings is 1. The summed E-state index contributed by atoms with van der Waals surface area (Å²) in [6.07, 6.45) is 2.98. The molecule has 1 aliphatic rings. The monoisotopic (exact) mass is 481 g/mol. The Morgan fingerprint density at radius 3 is 2.74 bits per heavy atom. The van der Waals surface area contributed by atoms with Crippen LogP contribution >= 0.6 is 11.6 Å². The summed E-state index contributed by atoms with van der Waals surface area (Å²) in [6, 6.07) is 10.9. The SMILES string of the molecule is Cc1nc(-c2ccccn2)nc(NC(CC(C)C)C(=O)NCCc2ccc3c(c2)OCO3)c1Cl. The summed E-state index contributed by atoms with van der Waals surface area (Å²) >= 11 is 6.51. The zero-order valence-corrected chi connectivity index (χ0v) is 20.2. The van der Waals surface area contributed by atoms with Gasteiger partial charge < -0.3 is 20.1 Å². The second-order valence-corrected chi connectivity index (χ2v) is 8.94. The quantitative estimate of drug-likeness (QED) is 0.467. The number of fused-ring (bicyclic) bond motifs is 1. The Morgan fingerprint density at radius 1 is 1.15 bits per heavy atom. The van der Waals surface area contributed by atoms with Crippen molar-refractivity contribution in [2.45, 2.75) is 39.7 Å². The number of benzene rings is 1. The predicted octanol–water partition coefficient (Wildman–Crippen LogP) is 4.41. The van der Waals surface area contributed by atoms with Crippen molar-refractivity contribution in [1.82, 2.24) is 20.3 Å². The average Bonchev–Trinajstić information content (AvgIpc) is 3.29. The van der Waals surface area contributed by atoms with Crippen LogP contribution in [0, 0.1) is 12.8 Å². The summed E-state index contributed by atoms with van der Waals surface area (Å²) in [5.74, 6) is 2.54. The van der Waals surface area contributed by atoms with Crippen LogP contribution in [0.15, 0.2) is 42.6 Å². The Kier molecular flexibility index (Phi) is 7.47. The number of hydrogen-bond donors (Lipinski definition) is 2. The molecule has 4 rings (SSSR count). The molecule has 3 aromatic rings. The van der Waals surface area contributed by atoms with E-state index in [1.807, 2.05) is 43.3 Å². The Labute approximate surface area is 204 Å². The molecule has 1 amide bonds. The van der Waals surface area contributed by atoms with Gasteiger partial charge in [-0.25, -0.2) is 9.97 Å². The van der Waals surface area contributed by atoms with Gasteiger partial charge in [0, 0.05) is 12.7 Å². The van der Waals surface area contributed by atoms with Crippen molar-refractivity contribution < 1.29 is 14.3 Å². The first-order valence-corrected chi connectivity index (χ1v) is 11.7. The zero-order chi connectivity index (χ0) is 24.1. The van der Waals surface area contributed by atoms with Crippen LogP contribution in [0.4, 0.5) is 5.82 Å². The van der Waals surface area contributed by atoms with E-state index in [9.17, 15) is 4.79 Å². The maximum absolute atomic E-state index is 13.1. The van der Waals surface area contributed by atoms with E-state index in [2.05, 4.69) is 39.4 Å². The molecule has 1 atom stereocenters. The largest absolute Gasteiger partial charge is 0.454 e. The average molecular weight is 482 g/mol. The van der Waals surface area contributed by atoms with Crippen molar-refractivity contribution >= 4 is 23.3 Å². The van der Waals surface area contributed by atoms with Crippen molar-refractivity contribution in [2.24, 2.45) is 5.92 Å². The lowest BCUT2D eigenvalue weighted by Crippen LogP contribution is -2.41. The standard InChI is InChI=1S/C25H28ClN5O3/c1-15(2)12-19(25(32)28-11-9-17-7-8-20-21(13-17)34-14-33-20)30-24-22(26)16(3)29-23(31-24)18-6-4-5-10-27-18/h4-8,10,13,15,19H,9,11-12,14H2,1-3H3,(H,28,32)(H,29,30,31). The number of ether oxygens (including phenoxy) is 2. The summed E-state index contributed by atoms with van der Waals surface area (Å²) in [7, 11) is 0. The number of aromatic nitrogens is 3. The first kappa shape index (κ1) is 23.8. The van der Waals surface area contributed by atoms with Crippen LogP contribution in [0.5, 0.6) is 11.5 Å². The first-order valence-electron chi connectivity index (χ1n) is 11.3. The van der Waals surface area contributed by atoms with Gasteiger partial charge in [0.2, 0.25) is 12.7 Å². The molecule has 0 radical (unpaired) electrons. The van der Waals surface area contributed by atoms with E-state index in [-0.39, 0.29) is 18.6 Å². The minimum Gasteiger partial charge on any atom is -0.454 e. The highest BCUT2D eigenvalue weighted by molar-refractivity contribution is 6.33. The molecule has 2 aromatic heterocycles. The number of amides is 1.